The molecule has 1 N–H and O–H groups in total. The van der Waals surface area contributed by atoms with Crippen molar-refractivity contribution in [2.24, 2.45) is 0 Å². The second-order valence-corrected chi connectivity index (χ2v) is 3.20. The Morgan fingerprint density at radius 3 is 2.93 bits per heavy atom. The number of nitro benzene ring substituents is 1. The molecule has 0 saturated heterocycles. The molecule has 0 bridgehead atoms. The SMILES string of the molecule is O=C(O)C1Cc2ccc([N+](=O)[O-])cc2O1. The van der Waals surface area contributed by atoms with Crippen LogP contribution in [0.2, 0.25) is 0 Å². The van der Waals surface area contributed by atoms with Crippen LogP contribution in [0.1, 0.15) is 5.56 Å². The van der Waals surface area contributed by atoms with Crippen LogP contribution < -0.4 is 4.74 Å². The molecule has 0 amide bonds. The van der Waals surface area contributed by atoms with Gasteiger partial charge in [-0.1, -0.05) is 0 Å². The minimum atomic E-state index is -1.06. The molecule has 0 aliphatic carbocycles. The topological polar surface area (TPSA) is 89.7 Å². The molecule has 1 unspecified atom stereocenters. The summed E-state index contributed by atoms with van der Waals surface area (Å²) in [6.45, 7) is 0. The standard InChI is InChI=1S/C9H7NO5/c11-9(12)8-3-5-1-2-6(10(13)14)4-7(5)15-8/h1-2,4,8H,3H2,(H,11,12). The first-order chi connectivity index (χ1) is 7.08. The van der Waals surface area contributed by atoms with Crippen LogP contribution in [0.5, 0.6) is 5.75 Å². The predicted octanol–water partition coefficient (Wildman–Crippen LogP) is 0.983. The second-order valence-electron chi connectivity index (χ2n) is 3.20. The summed E-state index contributed by atoms with van der Waals surface area (Å²) in [5.41, 5.74) is 0.591. The molecule has 1 aliphatic heterocycles. The number of hydrogen-bond donors (Lipinski definition) is 1. The fourth-order valence-electron chi connectivity index (χ4n) is 1.47. The zero-order valence-electron chi connectivity index (χ0n) is 7.54. The van der Waals surface area contributed by atoms with Crippen LogP contribution in [0.4, 0.5) is 5.69 Å². The van der Waals surface area contributed by atoms with Crippen LogP contribution in [0, 0.1) is 10.1 Å². The molecule has 1 heterocycles. The van der Waals surface area contributed by atoms with Crippen molar-refractivity contribution in [3.8, 4) is 5.75 Å². The number of benzene rings is 1. The number of carbonyl (C=O) groups is 1. The molecule has 6 heteroatoms. The Kier molecular flexibility index (Phi) is 2.03. The molecular formula is C9H7NO5. The number of non-ortho nitro benzene ring substituents is 1. The average Bonchev–Trinajstić information content (AvgIpc) is 2.59. The number of aliphatic carboxylic acids is 1. The molecule has 6 nitrogen and oxygen atoms in total. The smallest absolute Gasteiger partial charge is 0.345 e. The van der Waals surface area contributed by atoms with E-state index in [1.165, 1.54) is 18.2 Å². The van der Waals surface area contributed by atoms with Crippen molar-refractivity contribution in [2.45, 2.75) is 12.5 Å². The molecule has 2 rings (SSSR count). The van der Waals surface area contributed by atoms with Crippen molar-refractivity contribution in [2.75, 3.05) is 0 Å². The number of carboxylic acid groups (broad SMARTS) is 1. The summed E-state index contributed by atoms with van der Waals surface area (Å²) in [5.74, 6) is -0.773. The Labute approximate surface area is 84.2 Å². The maximum Gasteiger partial charge on any atom is 0.345 e. The van der Waals surface area contributed by atoms with Crippen LogP contribution in [-0.4, -0.2) is 22.1 Å². The highest BCUT2D eigenvalue weighted by atomic mass is 16.6. The molecule has 1 atom stereocenters. The third-order valence-corrected chi connectivity index (χ3v) is 2.21. The van der Waals surface area contributed by atoms with Crippen molar-refractivity contribution in [1.82, 2.24) is 0 Å². The molecular weight excluding hydrogens is 202 g/mol. The van der Waals surface area contributed by atoms with E-state index in [9.17, 15) is 14.9 Å². The van der Waals surface area contributed by atoms with Gasteiger partial charge in [0.2, 0.25) is 0 Å². The summed E-state index contributed by atoms with van der Waals surface area (Å²) < 4.78 is 5.06. The first-order valence-electron chi connectivity index (χ1n) is 4.24. The lowest BCUT2D eigenvalue weighted by Gasteiger charge is -2.03. The highest BCUT2D eigenvalue weighted by molar-refractivity contribution is 5.74. The minimum Gasteiger partial charge on any atom is -0.478 e. The third kappa shape index (κ3) is 1.61. The molecule has 0 fully saturated rings. The van der Waals surface area contributed by atoms with Gasteiger partial charge in [-0.3, -0.25) is 10.1 Å². The lowest BCUT2D eigenvalue weighted by Crippen LogP contribution is -2.24. The van der Waals surface area contributed by atoms with E-state index in [4.69, 9.17) is 9.84 Å². The highest BCUT2D eigenvalue weighted by Gasteiger charge is 2.29. The summed E-state index contributed by atoms with van der Waals surface area (Å²) in [4.78, 5) is 20.5. The highest BCUT2D eigenvalue weighted by Crippen LogP contribution is 2.32. The average molecular weight is 209 g/mol. The number of fused-ring (bicyclic) bond motifs is 1. The van der Waals surface area contributed by atoms with Gasteiger partial charge in [0.25, 0.3) is 5.69 Å². The quantitative estimate of drug-likeness (QED) is 0.579. The summed E-state index contributed by atoms with van der Waals surface area (Å²) in [6, 6.07) is 4.11. The minimum absolute atomic E-state index is 0.0974. The predicted molar refractivity (Wildman–Crippen MR) is 48.9 cm³/mol. The number of nitrogens with zero attached hydrogens (tertiary/aromatic N) is 1. The van der Waals surface area contributed by atoms with Gasteiger partial charge in [-0.25, -0.2) is 4.79 Å². The number of ether oxygens (including phenoxy) is 1. The summed E-state index contributed by atoms with van der Waals surface area (Å²) in [6.07, 6.45) is -0.676. The fourth-order valence-corrected chi connectivity index (χ4v) is 1.47. The zero-order valence-corrected chi connectivity index (χ0v) is 7.54. The van der Waals surface area contributed by atoms with Crippen molar-refractivity contribution >= 4 is 11.7 Å². The van der Waals surface area contributed by atoms with Crippen molar-refractivity contribution in [1.29, 1.82) is 0 Å². The van der Waals surface area contributed by atoms with Crippen LogP contribution in [0.25, 0.3) is 0 Å². The van der Waals surface area contributed by atoms with Crippen LogP contribution in [0.15, 0.2) is 18.2 Å². The van der Waals surface area contributed by atoms with Gasteiger partial charge in [0.15, 0.2) is 6.10 Å². The third-order valence-electron chi connectivity index (χ3n) is 2.21. The molecule has 0 aromatic heterocycles. The Morgan fingerprint density at radius 2 is 2.33 bits per heavy atom. The normalized spacial score (nSPS) is 18.0. The molecule has 1 aromatic carbocycles. The monoisotopic (exact) mass is 209 g/mol. The van der Waals surface area contributed by atoms with Crippen LogP contribution >= 0.6 is 0 Å². The molecule has 0 saturated carbocycles. The molecule has 1 aromatic rings. The van der Waals surface area contributed by atoms with Gasteiger partial charge in [0.1, 0.15) is 5.75 Å². The second kappa shape index (κ2) is 3.23. The molecule has 15 heavy (non-hydrogen) atoms. The maximum atomic E-state index is 10.6. The number of rotatable bonds is 2. The maximum absolute atomic E-state index is 10.6. The van der Waals surface area contributed by atoms with E-state index in [2.05, 4.69) is 0 Å². The van der Waals surface area contributed by atoms with Gasteiger partial charge < -0.3 is 9.84 Å². The number of hydrogen-bond acceptors (Lipinski definition) is 4. The van der Waals surface area contributed by atoms with E-state index < -0.39 is 17.0 Å². The van der Waals surface area contributed by atoms with Crippen molar-refractivity contribution < 1.29 is 19.6 Å². The lowest BCUT2D eigenvalue weighted by atomic mass is 10.1. The molecule has 78 valence electrons. The van der Waals surface area contributed by atoms with Crippen molar-refractivity contribution in [3.63, 3.8) is 0 Å². The van der Waals surface area contributed by atoms with Crippen molar-refractivity contribution in [3.05, 3.63) is 33.9 Å². The van der Waals surface area contributed by atoms with E-state index >= 15 is 0 Å². The largest absolute Gasteiger partial charge is 0.478 e. The summed E-state index contributed by atoms with van der Waals surface area (Å²) in [7, 11) is 0. The van der Waals surface area contributed by atoms with E-state index in [-0.39, 0.29) is 17.9 Å². The van der Waals surface area contributed by atoms with Crippen LogP contribution in [-0.2, 0) is 11.2 Å². The first-order valence-corrected chi connectivity index (χ1v) is 4.24. The molecule has 1 aliphatic rings. The van der Waals surface area contributed by atoms with Gasteiger partial charge in [-0.05, 0) is 11.6 Å². The Hall–Kier alpha value is -2.11. The van der Waals surface area contributed by atoms with Gasteiger partial charge in [0, 0.05) is 12.5 Å². The summed E-state index contributed by atoms with van der Waals surface area (Å²) >= 11 is 0. The Bertz CT molecular complexity index is 442. The van der Waals surface area contributed by atoms with E-state index in [0.717, 1.165) is 0 Å². The molecule has 0 radical (unpaired) electrons. The van der Waals surface area contributed by atoms with Gasteiger partial charge in [-0.2, -0.15) is 0 Å². The lowest BCUT2D eigenvalue weighted by molar-refractivity contribution is -0.384. The van der Waals surface area contributed by atoms with E-state index in [1.54, 1.807) is 0 Å². The Morgan fingerprint density at radius 1 is 1.60 bits per heavy atom. The van der Waals surface area contributed by atoms with E-state index in [0.29, 0.717) is 5.56 Å². The zero-order chi connectivity index (χ0) is 11.0. The number of nitro groups is 1. The first kappa shape index (κ1) is 9.45. The van der Waals surface area contributed by atoms with Crippen LogP contribution in [0.3, 0.4) is 0 Å². The fraction of sp³-hybridized carbons (Fsp3) is 0.222. The van der Waals surface area contributed by atoms with Gasteiger partial charge in [-0.15, -0.1) is 0 Å². The van der Waals surface area contributed by atoms with Gasteiger partial charge in [0.05, 0.1) is 11.0 Å². The summed E-state index contributed by atoms with van der Waals surface area (Å²) in [5, 5.41) is 19.2. The van der Waals surface area contributed by atoms with E-state index in [1.807, 2.05) is 0 Å². The van der Waals surface area contributed by atoms with Gasteiger partial charge >= 0.3 is 5.97 Å². The number of carboxylic acids is 1. The Balaban J connectivity index is 2.31. The molecule has 0 spiro atoms.